The highest BCUT2D eigenvalue weighted by molar-refractivity contribution is 5.68. The highest BCUT2D eigenvalue weighted by Crippen LogP contribution is 2.19. The molecule has 0 saturated carbocycles. The monoisotopic (exact) mass is 294 g/mol. The molecule has 0 bridgehead atoms. The molecule has 0 atom stereocenters. The maximum atomic E-state index is 11.9. The number of piperidine rings is 1. The Kier molecular flexibility index (Phi) is 4.55. The minimum Gasteiger partial charge on any atom is -0.490 e. The fraction of sp³-hybridized carbons (Fsp3) is 0.600. The van der Waals surface area contributed by atoms with E-state index in [1.807, 2.05) is 20.8 Å². The Morgan fingerprint density at radius 3 is 2.57 bits per heavy atom. The number of aromatic amines is 1. The molecule has 0 unspecified atom stereocenters. The van der Waals surface area contributed by atoms with Crippen LogP contribution in [0.1, 0.15) is 33.6 Å². The number of carbonyl (C=O) groups is 1. The van der Waals surface area contributed by atoms with Gasteiger partial charge in [0.25, 0.3) is 5.56 Å². The van der Waals surface area contributed by atoms with Crippen molar-refractivity contribution in [2.24, 2.45) is 0 Å². The summed E-state index contributed by atoms with van der Waals surface area (Å²) in [4.78, 5) is 27.4. The summed E-state index contributed by atoms with van der Waals surface area (Å²) in [7, 11) is 0. The van der Waals surface area contributed by atoms with Gasteiger partial charge in [0.1, 0.15) is 17.5 Å². The lowest BCUT2D eigenvalue weighted by molar-refractivity contribution is 0.0126. The molecule has 0 radical (unpaired) electrons. The molecule has 0 aliphatic carbocycles. The van der Waals surface area contributed by atoms with Crippen molar-refractivity contribution >= 4 is 6.09 Å². The fourth-order valence-electron chi connectivity index (χ4n) is 2.17. The van der Waals surface area contributed by atoms with Crippen molar-refractivity contribution in [2.45, 2.75) is 45.3 Å². The highest BCUT2D eigenvalue weighted by Gasteiger charge is 2.27. The first-order chi connectivity index (χ1) is 9.83. The van der Waals surface area contributed by atoms with Crippen molar-refractivity contribution in [1.29, 1.82) is 0 Å². The summed E-state index contributed by atoms with van der Waals surface area (Å²) in [5.41, 5.74) is -0.658. The molecule has 0 spiro atoms. The number of likely N-dealkylation sites (tertiary alicyclic amines) is 1. The van der Waals surface area contributed by atoms with E-state index in [1.165, 1.54) is 6.07 Å². The smallest absolute Gasteiger partial charge is 0.410 e. The Balaban J connectivity index is 1.83. The third kappa shape index (κ3) is 4.81. The minimum atomic E-state index is -0.477. The number of pyridine rings is 1. The summed E-state index contributed by atoms with van der Waals surface area (Å²) in [6, 6.07) is 3.15. The second-order valence-electron chi connectivity index (χ2n) is 6.17. The van der Waals surface area contributed by atoms with Crippen molar-refractivity contribution < 1.29 is 14.3 Å². The van der Waals surface area contributed by atoms with Gasteiger partial charge in [-0.05, 0) is 26.8 Å². The van der Waals surface area contributed by atoms with E-state index in [0.29, 0.717) is 18.8 Å². The predicted octanol–water partition coefficient (Wildman–Crippen LogP) is 2.15. The molecule has 1 aliphatic heterocycles. The lowest BCUT2D eigenvalue weighted by Gasteiger charge is -2.33. The number of hydrogen-bond donors (Lipinski definition) is 1. The Bertz CT molecular complexity index is 539. The normalized spacial score (nSPS) is 16.6. The van der Waals surface area contributed by atoms with Gasteiger partial charge < -0.3 is 19.4 Å². The van der Waals surface area contributed by atoms with Crippen LogP contribution in [0.3, 0.4) is 0 Å². The first-order valence-electron chi connectivity index (χ1n) is 7.17. The Labute approximate surface area is 124 Å². The number of carbonyl (C=O) groups excluding carboxylic acids is 1. The van der Waals surface area contributed by atoms with Gasteiger partial charge in [-0.1, -0.05) is 0 Å². The van der Waals surface area contributed by atoms with E-state index in [2.05, 4.69) is 4.98 Å². The van der Waals surface area contributed by atoms with E-state index in [9.17, 15) is 9.59 Å². The average Bonchev–Trinajstić information content (AvgIpc) is 2.37. The van der Waals surface area contributed by atoms with Crippen molar-refractivity contribution in [3.63, 3.8) is 0 Å². The molecule has 1 aromatic rings. The van der Waals surface area contributed by atoms with Crippen molar-refractivity contribution in [3.8, 4) is 5.75 Å². The molecule has 116 valence electrons. The van der Waals surface area contributed by atoms with Crippen molar-refractivity contribution in [2.75, 3.05) is 13.1 Å². The second-order valence-corrected chi connectivity index (χ2v) is 6.17. The SMILES string of the molecule is CC(C)(C)OC(=O)N1CCC(Oc2cc[nH]c(=O)c2)CC1. The molecular formula is C15H22N2O4. The molecule has 1 aliphatic rings. The van der Waals surface area contributed by atoms with Gasteiger partial charge in [0, 0.05) is 38.2 Å². The van der Waals surface area contributed by atoms with Gasteiger partial charge in [-0.2, -0.15) is 0 Å². The van der Waals surface area contributed by atoms with Crippen molar-refractivity contribution in [1.82, 2.24) is 9.88 Å². The zero-order chi connectivity index (χ0) is 15.5. The Morgan fingerprint density at radius 2 is 2.00 bits per heavy atom. The van der Waals surface area contributed by atoms with Crippen LogP contribution in [0.25, 0.3) is 0 Å². The van der Waals surface area contributed by atoms with Gasteiger partial charge in [-0.25, -0.2) is 4.79 Å². The molecule has 0 aromatic carbocycles. The number of H-pyrrole nitrogens is 1. The summed E-state index contributed by atoms with van der Waals surface area (Å²) in [5.74, 6) is 0.564. The summed E-state index contributed by atoms with van der Waals surface area (Å²) < 4.78 is 11.1. The first kappa shape index (κ1) is 15.4. The zero-order valence-corrected chi connectivity index (χ0v) is 12.7. The summed E-state index contributed by atoms with van der Waals surface area (Å²) in [6.45, 7) is 6.76. The van der Waals surface area contributed by atoms with Crippen LogP contribution >= 0.6 is 0 Å². The molecule has 1 saturated heterocycles. The van der Waals surface area contributed by atoms with E-state index in [4.69, 9.17) is 9.47 Å². The quantitative estimate of drug-likeness (QED) is 0.907. The second kappa shape index (κ2) is 6.20. The molecular weight excluding hydrogens is 272 g/mol. The van der Waals surface area contributed by atoms with E-state index in [-0.39, 0.29) is 17.8 Å². The maximum Gasteiger partial charge on any atom is 0.410 e. The number of amides is 1. The van der Waals surface area contributed by atoms with Gasteiger partial charge in [0.05, 0.1) is 0 Å². The molecule has 6 nitrogen and oxygen atoms in total. The number of nitrogens with one attached hydrogen (secondary N) is 1. The topological polar surface area (TPSA) is 71.6 Å². The molecule has 1 aromatic heterocycles. The lowest BCUT2D eigenvalue weighted by Crippen LogP contribution is -2.44. The fourth-order valence-corrected chi connectivity index (χ4v) is 2.17. The summed E-state index contributed by atoms with van der Waals surface area (Å²) >= 11 is 0. The standard InChI is InChI=1S/C15H22N2O4/c1-15(2,3)21-14(19)17-8-5-11(6-9-17)20-12-4-7-16-13(18)10-12/h4,7,10-11H,5-6,8-9H2,1-3H3,(H,16,18). The van der Waals surface area contributed by atoms with Crippen LogP contribution in [0.2, 0.25) is 0 Å². The summed E-state index contributed by atoms with van der Waals surface area (Å²) in [5, 5.41) is 0. The van der Waals surface area contributed by atoms with E-state index in [1.54, 1.807) is 17.2 Å². The van der Waals surface area contributed by atoms with Crippen LogP contribution in [0, 0.1) is 0 Å². The van der Waals surface area contributed by atoms with Gasteiger partial charge in [-0.3, -0.25) is 4.79 Å². The number of hydrogen-bond acceptors (Lipinski definition) is 4. The average molecular weight is 294 g/mol. The van der Waals surface area contributed by atoms with Crippen LogP contribution in [-0.4, -0.2) is 40.8 Å². The van der Waals surface area contributed by atoms with Gasteiger partial charge in [-0.15, -0.1) is 0 Å². The highest BCUT2D eigenvalue weighted by atomic mass is 16.6. The molecule has 2 heterocycles. The molecule has 1 N–H and O–H groups in total. The largest absolute Gasteiger partial charge is 0.490 e. The third-order valence-electron chi connectivity index (χ3n) is 3.14. The van der Waals surface area contributed by atoms with Gasteiger partial charge in [0.2, 0.25) is 0 Å². The van der Waals surface area contributed by atoms with E-state index >= 15 is 0 Å². The first-order valence-corrected chi connectivity index (χ1v) is 7.17. The number of ether oxygens (including phenoxy) is 2. The van der Waals surface area contributed by atoms with Gasteiger partial charge >= 0.3 is 6.09 Å². The maximum absolute atomic E-state index is 11.9. The van der Waals surface area contributed by atoms with Crippen LogP contribution < -0.4 is 10.3 Å². The Morgan fingerprint density at radius 1 is 1.33 bits per heavy atom. The number of rotatable bonds is 2. The van der Waals surface area contributed by atoms with Crippen LogP contribution in [0.4, 0.5) is 4.79 Å². The molecule has 1 amide bonds. The minimum absolute atomic E-state index is 0.0190. The summed E-state index contributed by atoms with van der Waals surface area (Å²) in [6.07, 6.45) is 2.76. The van der Waals surface area contributed by atoms with Crippen LogP contribution in [-0.2, 0) is 4.74 Å². The van der Waals surface area contributed by atoms with Crippen molar-refractivity contribution in [3.05, 3.63) is 28.7 Å². The number of nitrogens with zero attached hydrogens (tertiary/aromatic N) is 1. The van der Waals surface area contributed by atoms with Crippen LogP contribution in [0.5, 0.6) is 5.75 Å². The molecule has 6 heteroatoms. The molecule has 21 heavy (non-hydrogen) atoms. The number of aromatic nitrogens is 1. The van der Waals surface area contributed by atoms with Crippen LogP contribution in [0.15, 0.2) is 23.1 Å². The third-order valence-corrected chi connectivity index (χ3v) is 3.14. The van der Waals surface area contributed by atoms with E-state index in [0.717, 1.165) is 12.8 Å². The molecule has 2 rings (SSSR count). The predicted molar refractivity (Wildman–Crippen MR) is 78.5 cm³/mol. The Hall–Kier alpha value is -1.98. The molecule has 1 fully saturated rings. The van der Waals surface area contributed by atoms with E-state index < -0.39 is 5.60 Å². The lowest BCUT2D eigenvalue weighted by atomic mass is 10.1. The zero-order valence-electron chi connectivity index (χ0n) is 12.7. The van der Waals surface area contributed by atoms with Gasteiger partial charge in [0.15, 0.2) is 0 Å².